The Bertz CT molecular complexity index is 684. The van der Waals surface area contributed by atoms with Crippen molar-refractivity contribution in [2.45, 2.75) is 55.6 Å². The molecule has 6 nitrogen and oxygen atoms in total. The van der Waals surface area contributed by atoms with Crippen molar-refractivity contribution in [1.82, 2.24) is 25.5 Å². The zero-order valence-electron chi connectivity index (χ0n) is 13.5. The molecule has 8 heteroatoms. The maximum Gasteiger partial charge on any atom is 0.233 e. The summed E-state index contributed by atoms with van der Waals surface area (Å²) in [4.78, 5) is 12.3. The van der Waals surface area contributed by atoms with Crippen LogP contribution in [0.3, 0.4) is 0 Å². The lowest BCUT2D eigenvalue weighted by Gasteiger charge is -2.14. The molecule has 24 heavy (non-hydrogen) atoms. The predicted molar refractivity (Wildman–Crippen MR) is 93.9 cm³/mol. The Hall–Kier alpha value is -1.60. The van der Waals surface area contributed by atoms with Crippen LogP contribution in [0.4, 0.5) is 0 Å². The number of amides is 1. The lowest BCUT2D eigenvalue weighted by atomic mass is 10.2. The third-order valence-electron chi connectivity index (χ3n) is 4.16. The van der Waals surface area contributed by atoms with Gasteiger partial charge in [0.25, 0.3) is 0 Å². The number of rotatable bonds is 6. The van der Waals surface area contributed by atoms with E-state index in [4.69, 9.17) is 11.6 Å². The van der Waals surface area contributed by atoms with Gasteiger partial charge in [-0.05, 0) is 47.9 Å². The fourth-order valence-electron chi connectivity index (χ4n) is 2.79. The van der Waals surface area contributed by atoms with Crippen molar-refractivity contribution < 1.29 is 4.79 Å². The van der Waals surface area contributed by atoms with E-state index in [0.29, 0.717) is 17.6 Å². The van der Waals surface area contributed by atoms with Crippen LogP contribution in [-0.4, -0.2) is 31.4 Å². The van der Waals surface area contributed by atoms with Crippen molar-refractivity contribution in [1.29, 1.82) is 0 Å². The average Bonchev–Trinajstić information content (AvgIpc) is 3.25. The monoisotopic (exact) mass is 365 g/mol. The average molecular weight is 366 g/mol. The van der Waals surface area contributed by atoms with Crippen LogP contribution < -0.4 is 5.32 Å². The van der Waals surface area contributed by atoms with Gasteiger partial charge in [0.15, 0.2) is 0 Å². The summed E-state index contributed by atoms with van der Waals surface area (Å²) < 4.78 is 1.88. The van der Waals surface area contributed by atoms with Gasteiger partial charge in [-0.3, -0.25) is 4.79 Å². The Kier molecular flexibility index (Phi) is 5.73. The van der Waals surface area contributed by atoms with E-state index >= 15 is 0 Å². The number of thioether (sulfide) groups is 1. The third-order valence-corrected chi connectivity index (χ3v) is 5.46. The zero-order chi connectivity index (χ0) is 16.9. The molecule has 1 heterocycles. The summed E-state index contributed by atoms with van der Waals surface area (Å²) in [6, 6.07) is 7.81. The highest BCUT2D eigenvalue weighted by Crippen LogP contribution is 2.32. The van der Waals surface area contributed by atoms with Crippen LogP contribution >= 0.6 is 23.4 Å². The van der Waals surface area contributed by atoms with Crippen LogP contribution in [0.1, 0.15) is 44.2 Å². The molecule has 3 rings (SSSR count). The second-order valence-electron chi connectivity index (χ2n) is 5.95. The van der Waals surface area contributed by atoms with E-state index in [1.165, 1.54) is 24.6 Å². The third kappa shape index (κ3) is 4.27. The van der Waals surface area contributed by atoms with Crippen LogP contribution in [0.25, 0.3) is 0 Å². The highest BCUT2D eigenvalue weighted by molar-refractivity contribution is 8.00. The molecule has 1 aromatic heterocycles. The van der Waals surface area contributed by atoms with Gasteiger partial charge in [-0.2, -0.15) is 0 Å². The number of carbonyl (C=O) groups is 1. The summed E-state index contributed by atoms with van der Waals surface area (Å²) in [7, 11) is 0. The fraction of sp³-hybridized carbons (Fsp3) is 0.500. The van der Waals surface area contributed by atoms with Gasteiger partial charge in [-0.25, -0.2) is 4.68 Å². The van der Waals surface area contributed by atoms with E-state index in [0.717, 1.165) is 23.6 Å². The smallest absolute Gasteiger partial charge is 0.233 e. The van der Waals surface area contributed by atoms with Crippen molar-refractivity contribution in [3.8, 4) is 0 Å². The molecule has 1 N–H and O–H groups in total. The quantitative estimate of drug-likeness (QED) is 0.795. The van der Waals surface area contributed by atoms with E-state index in [-0.39, 0.29) is 11.2 Å². The molecule has 0 spiro atoms. The van der Waals surface area contributed by atoms with E-state index in [1.54, 1.807) is 0 Å². The summed E-state index contributed by atoms with van der Waals surface area (Å²) in [5, 5.41) is 16.0. The molecule has 1 aliphatic carbocycles. The van der Waals surface area contributed by atoms with Crippen molar-refractivity contribution in [3.63, 3.8) is 0 Å². The molecule has 2 aromatic rings. The van der Waals surface area contributed by atoms with Gasteiger partial charge in [-0.1, -0.05) is 48.3 Å². The number of hydrogen-bond donors (Lipinski definition) is 1. The van der Waals surface area contributed by atoms with Crippen molar-refractivity contribution >= 4 is 29.3 Å². The maximum atomic E-state index is 12.3. The normalized spacial score (nSPS) is 16.2. The molecule has 1 atom stereocenters. The molecular weight excluding hydrogens is 346 g/mol. The molecule has 1 amide bonds. The van der Waals surface area contributed by atoms with Gasteiger partial charge in [-0.15, -0.1) is 5.10 Å². The number of aromatic nitrogens is 4. The number of carbonyl (C=O) groups excluding carboxylic acids is 1. The van der Waals surface area contributed by atoms with Crippen LogP contribution in [0.15, 0.2) is 29.4 Å². The molecule has 1 fully saturated rings. The SMILES string of the molecule is CC(Sc1nnnn1C1CCCC1)C(=O)NCc1ccc(Cl)cc1. The van der Waals surface area contributed by atoms with Crippen LogP contribution in [0.2, 0.25) is 5.02 Å². The summed E-state index contributed by atoms with van der Waals surface area (Å²) in [5.74, 6) is -0.0316. The highest BCUT2D eigenvalue weighted by Gasteiger charge is 2.24. The largest absolute Gasteiger partial charge is 0.351 e. The number of halogens is 1. The molecular formula is C16H20ClN5OS. The maximum absolute atomic E-state index is 12.3. The van der Waals surface area contributed by atoms with Crippen LogP contribution in [-0.2, 0) is 11.3 Å². The second-order valence-corrected chi connectivity index (χ2v) is 7.69. The number of tetrazole rings is 1. The Labute approximate surface area is 150 Å². The molecule has 0 aliphatic heterocycles. The molecule has 1 saturated carbocycles. The molecule has 1 unspecified atom stereocenters. The minimum absolute atomic E-state index is 0.0316. The Morgan fingerprint density at radius 2 is 2.08 bits per heavy atom. The number of nitrogens with zero attached hydrogens (tertiary/aromatic N) is 4. The first-order chi connectivity index (χ1) is 11.6. The zero-order valence-corrected chi connectivity index (χ0v) is 15.1. The van der Waals surface area contributed by atoms with E-state index < -0.39 is 0 Å². The summed E-state index contributed by atoms with van der Waals surface area (Å²) in [6.45, 7) is 2.35. The van der Waals surface area contributed by atoms with E-state index in [9.17, 15) is 4.79 Å². The summed E-state index contributed by atoms with van der Waals surface area (Å²) in [6.07, 6.45) is 4.64. The fourth-order valence-corrected chi connectivity index (χ4v) is 3.80. The Balaban J connectivity index is 1.54. The molecule has 1 aliphatic rings. The van der Waals surface area contributed by atoms with E-state index in [1.807, 2.05) is 35.9 Å². The standard InChI is InChI=1S/C16H20ClN5OS/c1-11(15(23)18-10-12-6-8-13(17)9-7-12)24-16-19-20-21-22(16)14-4-2-3-5-14/h6-9,11,14H,2-5,10H2,1H3,(H,18,23). The second kappa shape index (κ2) is 7.98. The summed E-state index contributed by atoms with van der Waals surface area (Å²) in [5.41, 5.74) is 1.01. The topological polar surface area (TPSA) is 72.7 Å². The molecule has 128 valence electrons. The van der Waals surface area contributed by atoms with Crippen LogP contribution in [0, 0.1) is 0 Å². The summed E-state index contributed by atoms with van der Waals surface area (Å²) >= 11 is 7.26. The van der Waals surface area contributed by atoms with E-state index in [2.05, 4.69) is 20.8 Å². The molecule has 0 saturated heterocycles. The van der Waals surface area contributed by atoms with Crippen LogP contribution in [0.5, 0.6) is 0 Å². The first-order valence-corrected chi connectivity index (χ1v) is 9.36. The van der Waals surface area contributed by atoms with Crippen molar-refractivity contribution in [2.24, 2.45) is 0 Å². The predicted octanol–water partition coefficient (Wildman–Crippen LogP) is 3.24. The Morgan fingerprint density at radius 3 is 2.79 bits per heavy atom. The number of hydrogen-bond acceptors (Lipinski definition) is 5. The van der Waals surface area contributed by atoms with Gasteiger partial charge < -0.3 is 5.32 Å². The van der Waals surface area contributed by atoms with Crippen molar-refractivity contribution in [3.05, 3.63) is 34.9 Å². The highest BCUT2D eigenvalue weighted by atomic mass is 35.5. The molecule has 1 aromatic carbocycles. The van der Waals surface area contributed by atoms with Gasteiger partial charge in [0.05, 0.1) is 11.3 Å². The van der Waals surface area contributed by atoms with Gasteiger partial charge in [0.2, 0.25) is 11.1 Å². The van der Waals surface area contributed by atoms with Gasteiger partial charge >= 0.3 is 0 Å². The molecule has 0 bridgehead atoms. The van der Waals surface area contributed by atoms with Gasteiger partial charge in [0.1, 0.15) is 0 Å². The minimum Gasteiger partial charge on any atom is -0.351 e. The number of nitrogens with one attached hydrogen (secondary N) is 1. The lowest BCUT2D eigenvalue weighted by Crippen LogP contribution is -2.30. The van der Waals surface area contributed by atoms with Crippen molar-refractivity contribution in [2.75, 3.05) is 0 Å². The first-order valence-electron chi connectivity index (χ1n) is 8.10. The van der Waals surface area contributed by atoms with Gasteiger partial charge in [0, 0.05) is 11.6 Å². The Morgan fingerprint density at radius 1 is 1.38 bits per heavy atom. The first kappa shape index (κ1) is 17.2. The molecule has 0 radical (unpaired) electrons. The minimum atomic E-state index is -0.261. The number of benzene rings is 1. The lowest BCUT2D eigenvalue weighted by molar-refractivity contribution is -0.120.